The molecular formula is C21H32N2O6. The Labute approximate surface area is 172 Å². The molecule has 0 aliphatic carbocycles. The van der Waals surface area contributed by atoms with Gasteiger partial charge in [-0.3, -0.25) is 0 Å². The number of carboxylic acids is 2. The molecule has 0 atom stereocenters. The lowest BCUT2D eigenvalue weighted by molar-refractivity contribution is -0.159. The minimum Gasteiger partial charge on any atom is -0.494 e. The molecule has 2 N–H and O–H groups in total. The summed E-state index contributed by atoms with van der Waals surface area (Å²) in [6.07, 6.45) is 3.73. The van der Waals surface area contributed by atoms with E-state index in [1.54, 1.807) is 6.92 Å². The minimum atomic E-state index is -1.82. The predicted octanol–water partition coefficient (Wildman–Crippen LogP) is 1.77. The number of ketones is 1. The second-order valence-electron chi connectivity index (χ2n) is 7.16. The van der Waals surface area contributed by atoms with Crippen molar-refractivity contribution in [1.29, 1.82) is 0 Å². The number of benzene rings is 1. The van der Waals surface area contributed by atoms with Crippen molar-refractivity contribution in [2.75, 3.05) is 46.4 Å². The summed E-state index contributed by atoms with van der Waals surface area (Å²) in [5.41, 5.74) is 1.20. The van der Waals surface area contributed by atoms with Gasteiger partial charge in [-0.05, 0) is 57.5 Å². The molecule has 0 aromatic heterocycles. The van der Waals surface area contributed by atoms with Crippen molar-refractivity contribution in [3.05, 3.63) is 29.8 Å². The molecule has 0 amide bonds. The van der Waals surface area contributed by atoms with E-state index < -0.39 is 11.9 Å². The van der Waals surface area contributed by atoms with Gasteiger partial charge in [-0.15, -0.1) is 0 Å². The number of likely N-dealkylation sites (N-methyl/N-ethyl adjacent to an activating group) is 1. The third-order valence-corrected chi connectivity index (χ3v) is 4.61. The zero-order chi connectivity index (χ0) is 21.6. The van der Waals surface area contributed by atoms with E-state index in [0.717, 1.165) is 25.2 Å². The molecule has 0 radical (unpaired) electrons. The van der Waals surface area contributed by atoms with E-state index in [4.69, 9.17) is 24.5 Å². The van der Waals surface area contributed by atoms with Crippen molar-refractivity contribution in [2.24, 2.45) is 0 Å². The Balaban J connectivity index is 0.000000612. The second-order valence-corrected chi connectivity index (χ2v) is 7.16. The number of Topliss-reactive ketones (excluding diaryl/α,β-unsaturated/α-hetero) is 1. The summed E-state index contributed by atoms with van der Waals surface area (Å²) in [4.78, 5) is 34.1. The zero-order valence-corrected chi connectivity index (χ0v) is 17.3. The topological polar surface area (TPSA) is 107 Å². The fraction of sp³-hybridized carbons (Fsp3) is 0.571. The van der Waals surface area contributed by atoms with Crippen LogP contribution in [-0.4, -0.2) is 84.1 Å². The lowest BCUT2D eigenvalue weighted by atomic mass is 10.1. The summed E-state index contributed by atoms with van der Waals surface area (Å²) in [5, 5.41) is 14.8. The van der Waals surface area contributed by atoms with E-state index in [9.17, 15) is 4.79 Å². The first-order valence-corrected chi connectivity index (χ1v) is 9.86. The fourth-order valence-corrected chi connectivity index (χ4v) is 2.77. The maximum absolute atomic E-state index is 11.0. The number of carboxylic acid groups (broad SMARTS) is 2. The number of aryl methyl sites for hydroxylation is 1. The first kappa shape index (κ1) is 24.6. The maximum atomic E-state index is 11.0. The van der Waals surface area contributed by atoms with Gasteiger partial charge in [-0.1, -0.05) is 12.1 Å². The molecule has 0 bridgehead atoms. The van der Waals surface area contributed by atoms with Crippen LogP contribution in [0.4, 0.5) is 0 Å². The summed E-state index contributed by atoms with van der Waals surface area (Å²) in [6, 6.07) is 8.14. The summed E-state index contributed by atoms with van der Waals surface area (Å²) >= 11 is 0. The number of carbonyl (C=O) groups is 3. The monoisotopic (exact) mass is 408 g/mol. The van der Waals surface area contributed by atoms with E-state index in [1.165, 1.54) is 44.7 Å². The second kappa shape index (κ2) is 13.7. The highest BCUT2D eigenvalue weighted by Crippen LogP contribution is 2.14. The Kier molecular flexibility index (Phi) is 11.6. The average Bonchev–Trinajstić information content (AvgIpc) is 2.69. The summed E-state index contributed by atoms with van der Waals surface area (Å²) in [7, 11) is 2.19. The first-order valence-electron chi connectivity index (χ1n) is 9.86. The number of aliphatic carboxylic acids is 2. The fourth-order valence-electron chi connectivity index (χ4n) is 2.77. The number of hydrogen-bond acceptors (Lipinski definition) is 6. The molecule has 1 saturated heterocycles. The van der Waals surface area contributed by atoms with Crippen molar-refractivity contribution in [1.82, 2.24) is 9.80 Å². The first-order chi connectivity index (χ1) is 13.8. The van der Waals surface area contributed by atoms with Gasteiger partial charge >= 0.3 is 11.9 Å². The Bertz CT molecular complexity index is 627. The molecule has 0 spiro atoms. The Hall–Kier alpha value is -2.45. The number of carbonyl (C=O) groups excluding carboxylic acids is 1. The van der Waals surface area contributed by atoms with Crippen LogP contribution in [0.25, 0.3) is 0 Å². The molecule has 8 nitrogen and oxygen atoms in total. The Morgan fingerprint density at radius 2 is 1.55 bits per heavy atom. The van der Waals surface area contributed by atoms with Crippen LogP contribution in [-0.2, 0) is 20.8 Å². The molecule has 1 fully saturated rings. The van der Waals surface area contributed by atoms with Crippen molar-refractivity contribution in [3.8, 4) is 5.75 Å². The van der Waals surface area contributed by atoms with Crippen LogP contribution in [0.15, 0.2) is 24.3 Å². The SMILES string of the molecule is CC(=O)CCc1ccc(OCCCCN2CCN(C)CC2)cc1.O=C(O)C(=O)O. The van der Waals surface area contributed by atoms with Crippen molar-refractivity contribution >= 4 is 17.7 Å². The smallest absolute Gasteiger partial charge is 0.414 e. The Morgan fingerprint density at radius 1 is 0.966 bits per heavy atom. The molecule has 2 rings (SSSR count). The van der Waals surface area contributed by atoms with Gasteiger partial charge in [0.05, 0.1) is 6.61 Å². The van der Waals surface area contributed by atoms with Crippen molar-refractivity contribution in [3.63, 3.8) is 0 Å². The molecule has 1 heterocycles. The molecule has 1 aliphatic heterocycles. The van der Waals surface area contributed by atoms with Gasteiger partial charge in [0, 0.05) is 32.6 Å². The van der Waals surface area contributed by atoms with Crippen LogP contribution in [0.5, 0.6) is 5.75 Å². The standard InChI is InChI=1S/C19H30N2O2.C2H2O4/c1-17(22)5-6-18-7-9-19(10-8-18)23-16-4-3-11-21-14-12-20(2)13-15-21;3-1(4)2(5)6/h7-10H,3-6,11-16H2,1-2H3;(H,3,4)(H,5,6). The minimum absolute atomic E-state index is 0.241. The molecule has 162 valence electrons. The number of rotatable bonds is 9. The zero-order valence-electron chi connectivity index (χ0n) is 17.3. The molecular weight excluding hydrogens is 376 g/mol. The number of nitrogens with zero attached hydrogens (tertiary/aromatic N) is 2. The van der Waals surface area contributed by atoms with Crippen LogP contribution in [0, 0.1) is 0 Å². The largest absolute Gasteiger partial charge is 0.494 e. The highest BCUT2D eigenvalue weighted by atomic mass is 16.5. The number of hydrogen-bond donors (Lipinski definition) is 2. The van der Waals surface area contributed by atoms with Crippen LogP contribution in [0.3, 0.4) is 0 Å². The molecule has 29 heavy (non-hydrogen) atoms. The number of unbranched alkanes of at least 4 members (excludes halogenated alkanes) is 1. The van der Waals surface area contributed by atoms with Crippen LogP contribution >= 0.6 is 0 Å². The van der Waals surface area contributed by atoms with E-state index in [2.05, 4.69) is 29.0 Å². The molecule has 8 heteroatoms. The van der Waals surface area contributed by atoms with Crippen LogP contribution in [0.1, 0.15) is 31.7 Å². The van der Waals surface area contributed by atoms with Gasteiger partial charge in [0.1, 0.15) is 11.5 Å². The number of ether oxygens (including phenoxy) is 1. The summed E-state index contributed by atoms with van der Waals surface area (Å²) in [5.74, 6) is -2.48. The molecule has 0 saturated carbocycles. The highest BCUT2D eigenvalue weighted by Gasteiger charge is 2.12. The van der Waals surface area contributed by atoms with Gasteiger partial charge in [-0.25, -0.2) is 9.59 Å². The summed E-state index contributed by atoms with van der Waals surface area (Å²) < 4.78 is 5.80. The highest BCUT2D eigenvalue weighted by molar-refractivity contribution is 6.27. The molecule has 1 aliphatic rings. The predicted molar refractivity (Wildman–Crippen MR) is 109 cm³/mol. The van der Waals surface area contributed by atoms with Gasteiger partial charge in [-0.2, -0.15) is 0 Å². The quantitative estimate of drug-likeness (QED) is 0.470. The Morgan fingerprint density at radius 3 is 2.07 bits per heavy atom. The van der Waals surface area contributed by atoms with Crippen molar-refractivity contribution in [2.45, 2.75) is 32.6 Å². The van der Waals surface area contributed by atoms with Gasteiger partial charge in [0.2, 0.25) is 0 Å². The number of piperazine rings is 1. The van der Waals surface area contributed by atoms with E-state index in [0.29, 0.717) is 6.42 Å². The van der Waals surface area contributed by atoms with Gasteiger partial charge < -0.3 is 29.5 Å². The van der Waals surface area contributed by atoms with Crippen LogP contribution < -0.4 is 4.74 Å². The molecule has 0 unspecified atom stereocenters. The van der Waals surface area contributed by atoms with Gasteiger partial charge in [0.15, 0.2) is 0 Å². The normalized spacial score (nSPS) is 14.6. The van der Waals surface area contributed by atoms with Gasteiger partial charge in [0.25, 0.3) is 0 Å². The molecule has 1 aromatic rings. The third kappa shape index (κ3) is 11.9. The van der Waals surface area contributed by atoms with E-state index in [-0.39, 0.29) is 5.78 Å². The van der Waals surface area contributed by atoms with E-state index in [1.807, 2.05) is 12.1 Å². The van der Waals surface area contributed by atoms with Crippen molar-refractivity contribution < 1.29 is 29.3 Å². The third-order valence-electron chi connectivity index (χ3n) is 4.61. The van der Waals surface area contributed by atoms with E-state index >= 15 is 0 Å². The van der Waals surface area contributed by atoms with Crippen LogP contribution in [0.2, 0.25) is 0 Å². The average molecular weight is 408 g/mol. The summed E-state index contributed by atoms with van der Waals surface area (Å²) in [6.45, 7) is 8.36. The lowest BCUT2D eigenvalue weighted by Crippen LogP contribution is -2.44. The maximum Gasteiger partial charge on any atom is 0.414 e. The lowest BCUT2D eigenvalue weighted by Gasteiger charge is -2.32. The molecule has 1 aromatic carbocycles.